The molecule has 0 spiro atoms. The molecule has 0 nitrogen and oxygen atoms in total. The molecule has 0 bridgehead atoms. The van der Waals surface area contributed by atoms with Gasteiger partial charge in [-0.25, -0.2) is 0 Å². The summed E-state index contributed by atoms with van der Waals surface area (Å²) in [5.74, 6) is 6.42. The molecule has 0 fully saturated rings. The van der Waals surface area contributed by atoms with E-state index < -0.39 is 0 Å². The third-order valence-corrected chi connectivity index (χ3v) is 3.34. The van der Waals surface area contributed by atoms with Crippen molar-refractivity contribution in [2.24, 2.45) is 0 Å². The van der Waals surface area contributed by atoms with Crippen molar-refractivity contribution in [3.63, 3.8) is 0 Å². The van der Waals surface area contributed by atoms with Crippen molar-refractivity contribution in [2.75, 3.05) is 0 Å². The van der Waals surface area contributed by atoms with Gasteiger partial charge in [-0.3, -0.25) is 0 Å². The molecule has 0 saturated carbocycles. The first-order valence-corrected chi connectivity index (χ1v) is 7.31. The highest BCUT2D eigenvalue weighted by molar-refractivity contribution is 5.76. The average Bonchev–Trinajstić information content (AvgIpc) is 2.56. The van der Waals surface area contributed by atoms with Gasteiger partial charge in [-0.2, -0.15) is 0 Å². The summed E-state index contributed by atoms with van der Waals surface area (Å²) < 4.78 is 0. The Hall–Kier alpha value is -3.04. The maximum absolute atomic E-state index is 3.22. The van der Waals surface area contributed by atoms with Crippen LogP contribution in [0.25, 0.3) is 5.57 Å². The number of hydrogen-bond acceptors (Lipinski definition) is 0. The maximum Gasteiger partial charge on any atom is 0.0249 e. The van der Waals surface area contributed by atoms with Crippen molar-refractivity contribution in [3.8, 4) is 11.8 Å². The molecule has 2 aromatic carbocycles. The minimum atomic E-state index is 1.00. The summed E-state index contributed by atoms with van der Waals surface area (Å²) >= 11 is 0. The number of allylic oxidation sites excluding steroid dienone is 8. The van der Waals surface area contributed by atoms with Crippen LogP contribution in [0.1, 0.15) is 11.1 Å². The summed E-state index contributed by atoms with van der Waals surface area (Å²) in [4.78, 5) is 0. The third kappa shape index (κ3) is 3.75. The van der Waals surface area contributed by atoms with Crippen LogP contribution in [0.4, 0.5) is 0 Å². The van der Waals surface area contributed by atoms with E-state index in [9.17, 15) is 0 Å². The number of benzene rings is 2. The largest absolute Gasteiger partial charge is 0.0622 e. The first-order chi connectivity index (χ1) is 10.9. The van der Waals surface area contributed by atoms with Gasteiger partial charge in [-0.1, -0.05) is 84.7 Å². The second kappa shape index (κ2) is 7.11. The van der Waals surface area contributed by atoms with Gasteiger partial charge in [-0.05, 0) is 35.4 Å². The zero-order chi connectivity index (χ0) is 15.0. The summed E-state index contributed by atoms with van der Waals surface area (Å²) in [6.45, 7) is 0. The van der Waals surface area contributed by atoms with Crippen LogP contribution in [0.3, 0.4) is 0 Å². The van der Waals surface area contributed by atoms with Gasteiger partial charge in [0.2, 0.25) is 0 Å². The standard InChI is InChI=1S/C22H16/c1-3-9-19(10-4-1)15-16-20-11-7-8-14-22(18-17-20)21-12-5-2-6-13-21/h1-14,17-18H/b8-7?,11-7-,14-8-,18-17?,20-11?,20-17+,22-14?,22-18+. The first-order valence-electron chi connectivity index (χ1n) is 7.31. The van der Waals surface area contributed by atoms with E-state index in [4.69, 9.17) is 0 Å². The lowest BCUT2D eigenvalue weighted by Gasteiger charge is -2.02. The zero-order valence-corrected chi connectivity index (χ0v) is 12.2. The van der Waals surface area contributed by atoms with Crippen LogP contribution in [0.5, 0.6) is 0 Å². The van der Waals surface area contributed by atoms with Gasteiger partial charge in [0.05, 0.1) is 0 Å². The molecule has 0 aliphatic heterocycles. The Morgan fingerprint density at radius 3 is 2.05 bits per heavy atom. The van der Waals surface area contributed by atoms with Gasteiger partial charge in [0.15, 0.2) is 0 Å². The molecular formula is C22H16. The monoisotopic (exact) mass is 280 g/mol. The molecule has 0 saturated heterocycles. The van der Waals surface area contributed by atoms with E-state index in [1.807, 2.05) is 48.6 Å². The van der Waals surface area contributed by atoms with Crippen LogP contribution in [0.2, 0.25) is 0 Å². The van der Waals surface area contributed by atoms with Crippen LogP contribution < -0.4 is 0 Å². The summed E-state index contributed by atoms with van der Waals surface area (Å²) in [6.07, 6.45) is 12.4. The fraction of sp³-hybridized carbons (Fsp3) is 0. The Morgan fingerprint density at radius 2 is 1.27 bits per heavy atom. The van der Waals surface area contributed by atoms with Crippen molar-refractivity contribution in [1.29, 1.82) is 0 Å². The normalized spacial score (nSPS) is 20.9. The smallest absolute Gasteiger partial charge is 0.0249 e. The molecule has 2 aromatic rings. The van der Waals surface area contributed by atoms with Crippen molar-refractivity contribution >= 4 is 5.57 Å². The van der Waals surface area contributed by atoms with Crippen LogP contribution in [-0.4, -0.2) is 0 Å². The molecule has 0 atom stereocenters. The predicted molar refractivity (Wildman–Crippen MR) is 94.1 cm³/mol. The van der Waals surface area contributed by atoms with Gasteiger partial charge >= 0.3 is 0 Å². The molecule has 3 rings (SSSR count). The van der Waals surface area contributed by atoms with Gasteiger partial charge in [0.25, 0.3) is 0 Å². The minimum Gasteiger partial charge on any atom is -0.0622 e. The van der Waals surface area contributed by atoms with E-state index in [1.165, 1.54) is 11.1 Å². The van der Waals surface area contributed by atoms with Crippen LogP contribution in [0, 0.1) is 11.8 Å². The van der Waals surface area contributed by atoms with Crippen molar-refractivity contribution in [3.05, 3.63) is 114 Å². The van der Waals surface area contributed by atoms with Gasteiger partial charge in [0, 0.05) is 11.1 Å². The van der Waals surface area contributed by atoms with E-state index in [2.05, 4.69) is 60.4 Å². The number of hydrogen-bond donors (Lipinski definition) is 0. The molecule has 0 heterocycles. The second-order valence-corrected chi connectivity index (χ2v) is 4.94. The Kier molecular flexibility index (Phi) is 4.50. The highest BCUT2D eigenvalue weighted by atomic mass is 14.0. The fourth-order valence-corrected chi connectivity index (χ4v) is 2.18. The molecule has 22 heavy (non-hydrogen) atoms. The van der Waals surface area contributed by atoms with E-state index in [-0.39, 0.29) is 0 Å². The minimum absolute atomic E-state index is 1.00. The molecule has 1 aliphatic carbocycles. The quantitative estimate of drug-likeness (QED) is 0.632. The lowest BCUT2D eigenvalue weighted by molar-refractivity contribution is 1.60. The van der Waals surface area contributed by atoms with Crippen molar-refractivity contribution in [2.45, 2.75) is 0 Å². The SMILES string of the molecule is C(#Cc1ccccc1)C1=C/C=C(c2ccccc2)\C=C/C=C\1. The van der Waals surface area contributed by atoms with E-state index in [0.717, 1.165) is 11.1 Å². The predicted octanol–water partition coefficient (Wildman–Crippen LogP) is 5.17. The van der Waals surface area contributed by atoms with Crippen LogP contribution in [0.15, 0.2) is 103 Å². The Labute approximate surface area is 131 Å². The van der Waals surface area contributed by atoms with E-state index in [0.29, 0.717) is 0 Å². The van der Waals surface area contributed by atoms with Crippen molar-refractivity contribution in [1.82, 2.24) is 0 Å². The molecule has 0 radical (unpaired) electrons. The van der Waals surface area contributed by atoms with Gasteiger partial charge in [-0.15, -0.1) is 0 Å². The highest BCUT2D eigenvalue weighted by Gasteiger charge is 1.97. The molecule has 0 aromatic heterocycles. The van der Waals surface area contributed by atoms with Gasteiger partial charge < -0.3 is 0 Å². The Bertz CT molecular complexity index is 805. The van der Waals surface area contributed by atoms with Crippen LogP contribution >= 0.6 is 0 Å². The topological polar surface area (TPSA) is 0 Å². The third-order valence-electron chi connectivity index (χ3n) is 3.34. The molecular weight excluding hydrogens is 264 g/mol. The first kappa shape index (κ1) is 13.9. The molecule has 0 unspecified atom stereocenters. The fourth-order valence-electron chi connectivity index (χ4n) is 2.18. The Morgan fingerprint density at radius 1 is 0.591 bits per heavy atom. The van der Waals surface area contributed by atoms with Gasteiger partial charge in [0.1, 0.15) is 0 Å². The second-order valence-electron chi connectivity index (χ2n) is 4.94. The maximum atomic E-state index is 3.22. The summed E-state index contributed by atoms with van der Waals surface area (Å²) in [5.41, 5.74) is 4.42. The molecule has 1 aliphatic rings. The lowest BCUT2D eigenvalue weighted by Crippen LogP contribution is -1.82. The van der Waals surface area contributed by atoms with E-state index in [1.54, 1.807) is 0 Å². The number of rotatable bonds is 1. The highest BCUT2D eigenvalue weighted by Crippen LogP contribution is 2.17. The molecule has 0 N–H and O–H groups in total. The summed E-state index contributed by atoms with van der Waals surface area (Å²) in [5, 5.41) is 0. The van der Waals surface area contributed by atoms with Crippen LogP contribution in [-0.2, 0) is 0 Å². The average molecular weight is 280 g/mol. The Balaban J connectivity index is 1.89. The molecule has 0 amide bonds. The lowest BCUT2D eigenvalue weighted by atomic mass is 10.0. The summed E-state index contributed by atoms with van der Waals surface area (Å²) in [6, 6.07) is 20.4. The molecule has 104 valence electrons. The van der Waals surface area contributed by atoms with E-state index >= 15 is 0 Å². The zero-order valence-electron chi connectivity index (χ0n) is 12.2. The summed E-state index contributed by atoms with van der Waals surface area (Å²) in [7, 11) is 0. The van der Waals surface area contributed by atoms with Crippen molar-refractivity contribution < 1.29 is 0 Å². The molecule has 0 heteroatoms.